The zero-order valence-corrected chi connectivity index (χ0v) is 11.6. The fraction of sp³-hybridized carbons (Fsp3) is 0.294. The van der Waals surface area contributed by atoms with Crippen LogP contribution in [0.15, 0.2) is 42.5 Å². The van der Waals surface area contributed by atoms with Crippen LogP contribution in [0.2, 0.25) is 0 Å². The molecule has 19 heavy (non-hydrogen) atoms. The molecule has 1 N–H and O–H groups in total. The van der Waals surface area contributed by atoms with Crippen LogP contribution in [0.3, 0.4) is 0 Å². The first kappa shape index (κ1) is 12.1. The van der Waals surface area contributed by atoms with Crippen molar-refractivity contribution >= 4 is 21.8 Å². The summed E-state index contributed by atoms with van der Waals surface area (Å²) in [6.45, 7) is 6.72. The predicted octanol–water partition coefficient (Wildman–Crippen LogP) is 4.65. The van der Waals surface area contributed by atoms with Gasteiger partial charge >= 0.3 is 0 Å². The van der Waals surface area contributed by atoms with Gasteiger partial charge < -0.3 is 9.67 Å². The number of phenolic OH excluding ortho intramolecular Hbond substituents is 1. The average molecular weight is 253 g/mol. The molecule has 2 heteroatoms. The van der Waals surface area contributed by atoms with Gasteiger partial charge in [0.2, 0.25) is 0 Å². The van der Waals surface area contributed by atoms with Crippen molar-refractivity contribution in [1.29, 1.82) is 0 Å². The number of aromatic nitrogens is 1. The predicted molar refractivity (Wildman–Crippen MR) is 80.7 cm³/mol. The number of benzene rings is 2. The second-order valence-corrected chi connectivity index (χ2v) is 5.72. The molecule has 0 atom stereocenters. The average Bonchev–Trinajstić information content (AvgIpc) is 2.73. The van der Waals surface area contributed by atoms with Crippen LogP contribution < -0.4 is 0 Å². The molecule has 0 spiro atoms. The van der Waals surface area contributed by atoms with Crippen molar-refractivity contribution in [2.24, 2.45) is 0 Å². The van der Waals surface area contributed by atoms with Gasteiger partial charge in [-0.1, -0.05) is 25.1 Å². The third kappa shape index (κ3) is 1.71. The van der Waals surface area contributed by atoms with E-state index in [1.54, 1.807) is 6.07 Å². The van der Waals surface area contributed by atoms with Crippen LogP contribution >= 0.6 is 0 Å². The second-order valence-electron chi connectivity index (χ2n) is 5.72. The first-order valence-electron chi connectivity index (χ1n) is 6.77. The summed E-state index contributed by atoms with van der Waals surface area (Å²) in [5, 5.41) is 12.1. The van der Waals surface area contributed by atoms with Crippen LogP contribution in [-0.2, 0) is 5.54 Å². The van der Waals surface area contributed by atoms with Crippen molar-refractivity contribution in [3.63, 3.8) is 0 Å². The van der Waals surface area contributed by atoms with E-state index in [1.807, 2.05) is 12.1 Å². The molecule has 1 heterocycles. The van der Waals surface area contributed by atoms with E-state index in [-0.39, 0.29) is 5.54 Å². The molecule has 0 bridgehead atoms. The highest BCUT2D eigenvalue weighted by molar-refractivity contribution is 6.08. The Morgan fingerprint density at radius 3 is 2.42 bits per heavy atom. The fourth-order valence-corrected chi connectivity index (χ4v) is 2.77. The Labute approximate surface area is 113 Å². The number of hydrogen-bond acceptors (Lipinski definition) is 1. The minimum absolute atomic E-state index is 0.0539. The lowest BCUT2D eigenvalue weighted by atomic mass is 10.0. The van der Waals surface area contributed by atoms with E-state index in [4.69, 9.17) is 0 Å². The van der Waals surface area contributed by atoms with Gasteiger partial charge in [0.1, 0.15) is 5.75 Å². The molecule has 0 radical (unpaired) electrons. The molecule has 1 aromatic heterocycles. The van der Waals surface area contributed by atoms with Crippen molar-refractivity contribution in [2.45, 2.75) is 32.7 Å². The number of para-hydroxylation sites is 1. The smallest absolute Gasteiger partial charge is 0.116 e. The number of hydrogen-bond donors (Lipinski definition) is 1. The fourth-order valence-electron chi connectivity index (χ4n) is 2.77. The number of nitrogens with zero attached hydrogens (tertiary/aromatic N) is 1. The minimum atomic E-state index is 0.0539. The van der Waals surface area contributed by atoms with Crippen LogP contribution in [0.4, 0.5) is 0 Å². The molecule has 0 unspecified atom stereocenters. The molecule has 0 amide bonds. The molecule has 98 valence electrons. The van der Waals surface area contributed by atoms with E-state index in [0.29, 0.717) is 5.75 Å². The van der Waals surface area contributed by atoms with E-state index in [9.17, 15) is 5.11 Å². The molecule has 0 saturated carbocycles. The van der Waals surface area contributed by atoms with E-state index >= 15 is 0 Å². The summed E-state index contributed by atoms with van der Waals surface area (Å²) in [6, 6.07) is 14.0. The molecule has 3 aromatic rings. The zero-order valence-electron chi connectivity index (χ0n) is 11.6. The summed E-state index contributed by atoms with van der Waals surface area (Å²) in [4.78, 5) is 0. The molecule has 0 saturated heterocycles. The summed E-state index contributed by atoms with van der Waals surface area (Å²) < 4.78 is 2.39. The summed E-state index contributed by atoms with van der Waals surface area (Å²) in [5.41, 5.74) is 2.47. The number of rotatable bonds is 2. The molecule has 2 nitrogen and oxygen atoms in total. The number of phenols is 1. The minimum Gasteiger partial charge on any atom is -0.508 e. The van der Waals surface area contributed by atoms with Crippen molar-refractivity contribution in [3.8, 4) is 5.75 Å². The third-order valence-electron chi connectivity index (χ3n) is 4.13. The first-order chi connectivity index (χ1) is 9.04. The van der Waals surface area contributed by atoms with Crippen molar-refractivity contribution in [3.05, 3.63) is 42.5 Å². The van der Waals surface area contributed by atoms with Crippen LogP contribution in [0.25, 0.3) is 21.8 Å². The van der Waals surface area contributed by atoms with E-state index < -0.39 is 0 Å². The molecule has 2 aromatic carbocycles. The zero-order chi connectivity index (χ0) is 13.6. The summed E-state index contributed by atoms with van der Waals surface area (Å²) in [7, 11) is 0. The molecule has 0 aliphatic carbocycles. The Hall–Kier alpha value is -1.96. The van der Waals surface area contributed by atoms with Gasteiger partial charge in [-0.2, -0.15) is 0 Å². The largest absolute Gasteiger partial charge is 0.508 e. The van der Waals surface area contributed by atoms with E-state index in [0.717, 1.165) is 11.8 Å². The van der Waals surface area contributed by atoms with Crippen LogP contribution in [0, 0.1) is 0 Å². The van der Waals surface area contributed by atoms with Gasteiger partial charge in [0, 0.05) is 27.3 Å². The number of aromatic hydroxyl groups is 1. The highest BCUT2D eigenvalue weighted by Gasteiger charge is 2.23. The van der Waals surface area contributed by atoms with Gasteiger partial charge in [-0.05, 0) is 44.5 Å². The lowest BCUT2D eigenvalue weighted by Gasteiger charge is -2.27. The highest BCUT2D eigenvalue weighted by Crippen LogP contribution is 2.36. The molecular formula is C17H19NO. The van der Waals surface area contributed by atoms with Crippen LogP contribution in [0.5, 0.6) is 5.75 Å². The van der Waals surface area contributed by atoms with Crippen LogP contribution in [-0.4, -0.2) is 9.67 Å². The number of fused-ring (bicyclic) bond motifs is 3. The Balaban J connectivity index is 2.53. The Morgan fingerprint density at radius 1 is 1.00 bits per heavy atom. The second kappa shape index (κ2) is 4.02. The maximum atomic E-state index is 9.75. The van der Waals surface area contributed by atoms with E-state index in [2.05, 4.69) is 49.6 Å². The third-order valence-corrected chi connectivity index (χ3v) is 4.13. The van der Waals surface area contributed by atoms with Gasteiger partial charge in [-0.25, -0.2) is 0 Å². The highest BCUT2D eigenvalue weighted by atomic mass is 16.3. The van der Waals surface area contributed by atoms with Crippen molar-refractivity contribution in [2.75, 3.05) is 0 Å². The Bertz CT molecular complexity index is 752. The van der Waals surface area contributed by atoms with Gasteiger partial charge in [-0.15, -0.1) is 0 Å². The lowest BCUT2D eigenvalue weighted by Crippen LogP contribution is -2.24. The maximum absolute atomic E-state index is 9.75. The standard InChI is InChI=1S/C17H19NO/c1-4-17(2,3)18-15-8-6-5-7-13(15)14-11-12(19)9-10-16(14)18/h5-11,19H,4H2,1-3H3. The van der Waals surface area contributed by atoms with Gasteiger partial charge in [-0.3, -0.25) is 0 Å². The normalized spacial score (nSPS) is 12.4. The monoisotopic (exact) mass is 253 g/mol. The Morgan fingerprint density at radius 2 is 1.68 bits per heavy atom. The van der Waals surface area contributed by atoms with E-state index in [1.165, 1.54) is 16.4 Å². The van der Waals surface area contributed by atoms with Gasteiger partial charge in [0.05, 0.1) is 0 Å². The topological polar surface area (TPSA) is 25.2 Å². The SMILES string of the molecule is CCC(C)(C)n1c2ccccc2c2cc(O)ccc21. The van der Waals surface area contributed by atoms with Crippen molar-refractivity contribution < 1.29 is 5.11 Å². The molecule has 3 rings (SSSR count). The van der Waals surface area contributed by atoms with Crippen molar-refractivity contribution in [1.82, 2.24) is 4.57 Å². The maximum Gasteiger partial charge on any atom is 0.116 e. The van der Waals surface area contributed by atoms with Crippen LogP contribution in [0.1, 0.15) is 27.2 Å². The lowest BCUT2D eigenvalue weighted by molar-refractivity contribution is 0.364. The quantitative estimate of drug-likeness (QED) is 0.706. The van der Waals surface area contributed by atoms with Gasteiger partial charge in [0.15, 0.2) is 0 Å². The summed E-state index contributed by atoms with van der Waals surface area (Å²) in [5.74, 6) is 0.324. The summed E-state index contributed by atoms with van der Waals surface area (Å²) in [6.07, 6.45) is 1.06. The summed E-state index contributed by atoms with van der Waals surface area (Å²) >= 11 is 0. The Kier molecular flexibility index (Phi) is 2.56. The molecule has 0 aliphatic rings. The molecule has 0 aliphatic heterocycles. The molecular weight excluding hydrogens is 234 g/mol. The molecule has 0 fully saturated rings. The van der Waals surface area contributed by atoms with Gasteiger partial charge in [0.25, 0.3) is 0 Å². The first-order valence-corrected chi connectivity index (χ1v) is 6.77.